The van der Waals surface area contributed by atoms with Gasteiger partial charge in [-0.15, -0.1) is 11.3 Å². The molecular formula is C30H20N2S. The molecule has 0 fully saturated rings. The van der Waals surface area contributed by atoms with Gasteiger partial charge >= 0.3 is 0 Å². The fourth-order valence-electron chi connectivity index (χ4n) is 4.28. The highest BCUT2D eigenvalue weighted by Crippen LogP contribution is 2.46. The van der Waals surface area contributed by atoms with Gasteiger partial charge in [0.1, 0.15) is 6.33 Å². The van der Waals surface area contributed by atoms with E-state index in [9.17, 15) is 0 Å². The van der Waals surface area contributed by atoms with E-state index in [4.69, 9.17) is 0 Å². The van der Waals surface area contributed by atoms with Gasteiger partial charge in [-0.2, -0.15) is 0 Å². The first kappa shape index (κ1) is 19.6. The predicted octanol–water partition coefficient (Wildman–Crippen LogP) is 8.36. The molecule has 33 heavy (non-hydrogen) atoms. The molecule has 2 nitrogen and oxygen atoms in total. The lowest BCUT2D eigenvalue weighted by Crippen LogP contribution is -1.88. The highest BCUT2D eigenvalue weighted by atomic mass is 32.1. The van der Waals surface area contributed by atoms with Gasteiger partial charge in [0.25, 0.3) is 0 Å². The van der Waals surface area contributed by atoms with Crippen molar-refractivity contribution in [3.8, 4) is 43.4 Å². The Morgan fingerprint density at radius 2 is 1.00 bits per heavy atom. The second-order valence-electron chi connectivity index (χ2n) is 7.87. The molecule has 0 radical (unpaired) electrons. The van der Waals surface area contributed by atoms with Crippen molar-refractivity contribution >= 4 is 22.1 Å². The van der Waals surface area contributed by atoms with Crippen molar-refractivity contribution in [2.24, 2.45) is 0 Å². The third kappa shape index (κ3) is 3.63. The summed E-state index contributed by atoms with van der Waals surface area (Å²) in [4.78, 5) is 11.6. The van der Waals surface area contributed by atoms with Gasteiger partial charge in [-0.1, -0.05) is 109 Å². The number of benzene rings is 4. The average Bonchev–Trinajstić information content (AvgIpc) is 3.29. The first-order chi connectivity index (χ1) is 16.4. The van der Waals surface area contributed by atoms with Crippen molar-refractivity contribution < 1.29 is 0 Å². The lowest BCUT2D eigenvalue weighted by Gasteiger charge is -2.09. The van der Waals surface area contributed by atoms with E-state index in [1.54, 1.807) is 17.7 Å². The normalized spacial score (nSPS) is 11.0. The molecule has 0 saturated carbocycles. The predicted molar refractivity (Wildman–Crippen MR) is 139 cm³/mol. The minimum atomic E-state index is 0.935. The molecule has 0 saturated heterocycles. The smallest absolute Gasteiger partial charge is 0.116 e. The molecule has 6 rings (SSSR count). The van der Waals surface area contributed by atoms with Crippen LogP contribution in [0.5, 0.6) is 0 Å². The Bertz CT molecular complexity index is 1550. The molecule has 0 amide bonds. The highest BCUT2D eigenvalue weighted by molar-refractivity contribution is 7.21. The van der Waals surface area contributed by atoms with E-state index in [1.165, 1.54) is 37.2 Å². The van der Waals surface area contributed by atoms with Crippen LogP contribution in [0.1, 0.15) is 0 Å². The molecule has 4 aromatic carbocycles. The average molecular weight is 441 g/mol. The van der Waals surface area contributed by atoms with E-state index in [1.807, 2.05) is 18.2 Å². The van der Waals surface area contributed by atoms with Crippen molar-refractivity contribution in [3.63, 3.8) is 0 Å². The van der Waals surface area contributed by atoms with E-state index >= 15 is 0 Å². The molecule has 2 heterocycles. The van der Waals surface area contributed by atoms with Gasteiger partial charge in [0, 0.05) is 26.8 Å². The lowest BCUT2D eigenvalue weighted by atomic mass is 9.97. The Morgan fingerprint density at radius 1 is 0.455 bits per heavy atom. The second-order valence-corrected chi connectivity index (χ2v) is 8.89. The van der Waals surface area contributed by atoms with Crippen LogP contribution < -0.4 is 0 Å². The van der Waals surface area contributed by atoms with Crippen molar-refractivity contribution in [3.05, 3.63) is 122 Å². The summed E-state index contributed by atoms with van der Waals surface area (Å²) in [5.41, 5.74) is 6.69. The topological polar surface area (TPSA) is 25.8 Å². The van der Waals surface area contributed by atoms with Crippen LogP contribution in [0.15, 0.2) is 122 Å². The quantitative estimate of drug-likeness (QED) is 0.275. The molecule has 156 valence electrons. The van der Waals surface area contributed by atoms with Crippen LogP contribution in [0, 0.1) is 0 Å². The number of fused-ring (bicyclic) bond motifs is 1. The maximum atomic E-state index is 4.67. The summed E-state index contributed by atoms with van der Waals surface area (Å²) in [5, 5.41) is 2.47. The Kier molecular flexibility index (Phi) is 5.02. The van der Waals surface area contributed by atoms with Crippen molar-refractivity contribution in [2.75, 3.05) is 0 Å². The van der Waals surface area contributed by atoms with Gasteiger partial charge in [-0.25, -0.2) is 9.97 Å². The third-order valence-electron chi connectivity index (χ3n) is 5.85. The number of thiophene rings is 1. The number of aromatic nitrogens is 2. The Morgan fingerprint density at radius 3 is 1.73 bits per heavy atom. The molecule has 0 aliphatic heterocycles. The van der Waals surface area contributed by atoms with E-state index in [0.29, 0.717) is 0 Å². The van der Waals surface area contributed by atoms with E-state index in [0.717, 1.165) is 17.0 Å². The Balaban J connectivity index is 1.55. The number of rotatable bonds is 4. The lowest BCUT2D eigenvalue weighted by molar-refractivity contribution is 1.18. The number of nitrogens with zero attached hydrogens (tertiary/aromatic N) is 2. The molecule has 2 aromatic heterocycles. The van der Waals surface area contributed by atoms with Crippen LogP contribution in [0.3, 0.4) is 0 Å². The van der Waals surface area contributed by atoms with E-state index in [2.05, 4.69) is 107 Å². The summed E-state index contributed by atoms with van der Waals surface area (Å²) >= 11 is 1.80. The number of hydrogen-bond acceptors (Lipinski definition) is 3. The van der Waals surface area contributed by atoms with Crippen LogP contribution in [0.4, 0.5) is 0 Å². The van der Waals surface area contributed by atoms with Gasteiger partial charge in [-0.05, 0) is 17.2 Å². The second kappa shape index (κ2) is 8.45. The maximum Gasteiger partial charge on any atom is 0.116 e. The fourth-order valence-corrected chi connectivity index (χ4v) is 5.56. The SMILES string of the molecule is c1ccc(-c2cc(-c3sc(-c4ccccc4-c4ccccc4)c4ccccc34)ncn2)cc1. The fraction of sp³-hybridized carbons (Fsp3) is 0. The summed E-state index contributed by atoms with van der Waals surface area (Å²) < 4.78 is 0. The maximum absolute atomic E-state index is 4.67. The standard InChI is InChI=1S/C30H20N2S/c1-3-11-21(12-4-1)23-15-7-8-16-24(23)29-25-17-9-10-18-26(25)30(33-29)28-19-27(31-20-32-28)22-13-5-2-6-14-22/h1-20H. The van der Waals surface area contributed by atoms with Crippen LogP contribution >= 0.6 is 11.3 Å². The van der Waals surface area contributed by atoms with Crippen LogP contribution in [0.2, 0.25) is 0 Å². The third-order valence-corrected chi connectivity index (χ3v) is 7.12. The number of hydrogen-bond donors (Lipinski definition) is 0. The largest absolute Gasteiger partial charge is 0.236 e. The van der Waals surface area contributed by atoms with Gasteiger partial charge in [-0.3, -0.25) is 0 Å². The first-order valence-electron chi connectivity index (χ1n) is 10.9. The van der Waals surface area contributed by atoms with Crippen LogP contribution in [-0.4, -0.2) is 9.97 Å². The summed E-state index contributed by atoms with van der Waals surface area (Å²) in [7, 11) is 0. The summed E-state index contributed by atoms with van der Waals surface area (Å²) in [6.45, 7) is 0. The first-order valence-corrected chi connectivity index (χ1v) is 11.7. The van der Waals surface area contributed by atoms with Crippen LogP contribution in [-0.2, 0) is 0 Å². The zero-order valence-corrected chi connectivity index (χ0v) is 18.7. The minimum absolute atomic E-state index is 0.935. The van der Waals surface area contributed by atoms with Crippen molar-refractivity contribution in [1.82, 2.24) is 9.97 Å². The highest BCUT2D eigenvalue weighted by Gasteiger charge is 2.18. The molecule has 6 aromatic rings. The summed E-state index contributed by atoms with van der Waals surface area (Å²) in [5.74, 6) is 0. The van der Waals surface area contributed by atoms with Gasteiger partial charge in [0.05, 0.1) is 16.3 Å². The van der Waals surface area contributed by atoms with E-state index < -0.39 is 0 Å². The molecule has 0 N–H and O–H groups in total. The monoisotopic (exact) mass is 440 g/mol. The molecule has 0 aliphatic carbocycles. The zero-order valence-electron chi connectivity index (χ0n) is 17.8. The van der Waals surface area contributed by atoms with Crippen molar-refractivity contribution in [1.29, 1.82) is 0 Å². The molecule has 0 unspecified atom stereocenters. The minimum Gasteiger partial charge on any atom is -0.236 e. The van der Waals surface area contributed by atoms with Crippen molar-refractivity contribution in [2.45, 2.75) is 0 Å². The molecule has 0 aliphatic rings. The summed E-state index contributed by atoms with van der Waals surface area (Å²) in [6.07, 6.45) is 1.67. The molecule has 0 atom stereocenters. The van der Waals surface area contributed by atoms with E-state index in [-0.39, 0.29) is 0 Å². The Hall–Kier alpha value is -4.08. The zero-order chi connectivity index (χ0) is 22.0. The Labute approximate surface area is 196 Å². The van der Waals surface area contributed by atoms with Crippen LogP contribution in [0.25, 0.3) is 54.2 Å². The van der Waals surface area contributed by atoms with Gasteiger partial charge in [0.15, 0.2) is 0 Å². The van der Waals surface area contributed by atoms with Gasteiger partial charge in [0.2, 0.25) is 0 Å². The van der Waals surface area contributed by atoms with Gasteiger partial charge < -0.3 is 0 Å². The molecule has 0 bridgehead atoms. The summed E-state index contributed by atoms with van der Waals surface area (Å²) in [6, 6.07) is 40.2. The molecule has 0 spiro atoms. The molecular weight excluding hydrogens is 420 g/mol. The molecule has 3 heteroatoms.